The highest BCUT2D eigenvalue weighted by molar-refractivity contribution is 6.05. The van der Waals surface area contributed by atoms with Gasteiger partial charge in [-0.15, -0.1) is 10.2 Å². The van der Waals surface area contributed by atoms with Crippen molar-refractivity contribution in [2.45, 2.75) is 0 Å². The molecular weight excluding hydrogens is 516 g/mol. The van der Waals surface area contributed by atoms with Gasteiger partial charge in [0, 0.05) is 16.7 Å². The van der Waals surface area contributed by atoms with E-state index < -0.39 is 11.8 Å². The zero-order valence-corrected chi connectivity index (χ0v) is 22.1. The van der Waals surface area contributed by atoms with Crippen molar-refractivity contribution in [3.05, 3.63) is 132 Å². The van der Waals surface area contributed by atoms with Crippen LogP contribution in [0.25, 0.3) is 28.6 Å². The highest BCUT2D eigenvalue weighted by Crippen LogP contribution is 2.28. The predicted molar refractivity (Wildman–Crippen MR) is 157 cm³/mol. The second-order valence-corrected chi connectivity index (χ2v) is 8.80. The molecule has 9 nitrogen and oxygen atoms in total. The molecule has 0 aliphatic rings. The Morgan fingerprint density at radius 1 is 0.707 bits per heavy atom. The van der Waals surface area contributed by atoms with E-state index in [0.29, 0.717) is 28.3 Å². The number of hydrogen-bond acceptors (Lipinski definition) is 7. The summed E-state index contributed by atoms with van der Waals surface area (Å²) in [4.78, 5) is 30.8. The number of nitrogens with zero attached hydrogens (tertiary/aromatic N) is 3. The Labute approximate surface area is 236 Å². The molecule has 0 spiro atoms. The molecule has 0 saturated heterocycles. The lowest BCUT2D eigenvalue weighted by Crippen LogP contribution is -2.38. The van der Waals surface area contributed by atoms with E-state index in [0.717, 1.165) is 11.1 Å². The summed E-state index contributed by atoms with van der Waals surface area (Å²) >= 11 is 0. The first-order chi connectivity index (χ1) is 20.1. The monoisotopic (exact) mass is 542 g/mol. The number of rotatable bonds is 9. The molecule has 0 atom stereocenters. The smallest absolute Gasteiger partial charge is 0.286 e. The maximum absolute atomic E-state index is 13.3. The Balaban J connectivity index is 1.40. The van der Waals surface area contributed by atoms with Crippen LogP contribution < -0.4 is 20.9 Å². The molecule has 0 unspecified atom stereocenters. The van der Waals surface area contributed by atoms with Gasteiger partial charge in [0.2, 0.25) is 0 Å². The molecule has 0 aliphatic heterocycles. The Kier molecular flexibility index (Phi) is 8.36. The minimum absolute atomic E-state index is 0.00803. The third-order valence-electron chi connectivity index (χ3n) is 6.02. The molecule has 202 valence electrons. The van der Waals surface area contributed by atoms with E-state index >= 15 is 0 Å². The van der Waals surface area contributed by atoms with Crippen LogP contribution in [0.1, 0.15) is 15.9 Å². The molecule has 0 aliphatic carbocycles. The zero-order chi connectivity index (χ0) is 28.4. The van der Waals surface area contributed by atoms with Crippen LogP contribution in [0.15, 0.2) is 121 Å². The molecule has 0 fully saturated rings. The number of hydrazine groups is 1. The maximum atomic E-state index is 13.3. The van der Waals surface area contributed by atoms with Crippen LogP contribution in [-0.2, 0) is 4.79 Å². The molecule has 0 radical (unpaired) electrons. The van der Waals surface area contributed by atoms with Gasteiger partial charge in [-0.05, 0) is 35.9 Å². The molecule has 9 heteroatoms. The summed E-state index contributed by atoms with van der Waals surface area (Å²) in [7, 11) is 1.57. The quantitative estimate of drug-likeness (QED) is 0.175. The summed E-state index contributed by atoms with van der Waals surface area (Å²) in [6, 6.07) is 34.9. The standard InChI is InChI=1S/C32H26N6O3/c1-41-26-19-17-22(18-20-26)21-27(33-30(39)25-15-9-4-10-16-25)31(40)36-38-32-34-28(23-11-5-2-6-12-23)29(35-37-32)24-13-7-3-8-14-24/h2-21H,1H3,(H,33,39)(H,36,40)(H,34,37,38)/b27-21-. The number of hydrogen-bond donors (Lipinski definition) is 3. The Bertz CT molecular complexity index is 1660. The number of aromatic nitrogens is 3. The van der Waals surface area contributed by atoms with Crippen molar-refractivity contribution in [1.29, 1.82) is 0 Å². The lowest BCUT2D eigenvalue weighted by molar-refractivity contribution is -0.117. The average Bonchev–Trinajstić information content (AvgIpc) is 3.04. The van der Waals surface area contributed by atoms with E-state index in [2.05, 4.69) is 31.3 Å². The first-order valence-electron chi connectivity index (χ1n) is 12.7. The van der Waals surface area contributed by atoms with Gasteiger partial charge in [-0.3, -0.25) is 20.4 Å². The van der Waals surface area contributed by atoms with Gasteiger partial charge in [0.25, 0.3) is 17.8 Å². The third kappa shape index (κ3) is 6.79. The van der Waals surface area contributed by atoms with Crippen LogP contribution in [0.3, 0.4) is 0 Å². The van der Waals surface area contributed by atoms with Gasteiger partial charge in [0.1, 0.15) is 22.8 Å². The zero-order valence-electron chi connectivity index (χ0n) is 22.1. The fourth-order valence-corrected chi connectivity index (χ4v) is 3.96. The highest BCUT2D eigenvalue weighted by atomic mass is 16.5. The number of benzene rings is 4. The van der Waals surface area contributed by atoms with Gasteiger partial charge >= 0.3 is 0 Å². The number of ether oxygens (including phenoxy) is 1. The topological polar surface area (TPSA) is 118 Å². The summed E-state index contributed by atoms with van der Waals surface area (Å²) < 4.78 is 5.21. The molecule has 4 aromatic carbocycles. The van der Waals surface area contributed by atoms with Crippen molar-refractivity contribution in [3.8, 4) is 28.3 Å². The average molecular weight is 543 g/mol. The molecule has 3 N–H and O–H groups in total. The number of methoxy groups -OCH3 is 1. The van der Waals surface area contributed by atoms with Crippen LogP contribution >= 0.6 is 0 Å². The number of nitrogens with one attached hydrogen (secondary N) is 3. The lowest BCUT2D eigenvalue weighted by Gasteiger charge is -2.13. The number of amides is 2. The summed E-state index contributed by atoms with van der Waals surface area (Å²) in [5.41, 5.74) is 9.30. The van der Waals surface area contributed by atoms with E-state index in [1.807, 2.05) is 66.7 Å². The second-order valence-electron chi connectivity index (χ2n) is 8.80. The second kappa shape index (κ2) is 12.8. The van der Waals surface area contributed by atoms with Gasteiger partial charge in [-0.1, -0.05) is 91.0 Å². The van der Waals surface area contributed by atoms with Crippen LogP contribution in [0, 0.1) is 0 Å². The van der Waals surface area contributed by atoms with Gasteiger partial charge in [0.15, 0.2) is 0 Å². The van der Waals surface area contributed by atoms with Crippen molar-refractivity contribution in [1.82, 2.24) is 25.9 Å². The minimum atomic E-state index is -0.609. The number of carbonyl (C=O) groups is 2. The Hall–Kier alpha value is -5.83. The number of anilines is 1. The van der Waals surface area contributed by atoms with E-state index in [1.54, 1.807) is 61.7 Å². The SMILES string of the molecule is COc1ccc(/C=C(\NC(=O)c2ccccc2)C(=O)NNc2nnc(-c3ccccc3)c(-c3ccccc3)n2)cc1. The first kappa shape index (κ1) is 26.8. The molecule has 5 rings (SSSR count). The highest BCUT2D eigenvalue weighted by Gasteiger charge is 2.17. The summed E-state index contributed by atoms with van der Waals surface area (Å²) in [6.07, 6.45) is 1.56. The molecule has 41 heavy (non-hydrogen) atoms. The summed E-state index contributed by atoms with van der Waals surface area (Å²) in [5, 5.41) is 11.3. The maximum Gasteiger partial charge on any atom is 0.286 e. The van der Waals surface area contributed by atoms with Crippen LogP contribution in [-0.4, -0.2) is 34.1 Å². The first-order valence-corrected chi connectivity index (χ1v) is 12.7. The van der Waals surface area contributed by atoms with Crippen LogP contribution in [0.2, 0.25) is 0 Å². The van der Waals surface area contributed by atoms with Crippen molar-refractivity contribution in [2.24, 2.45) is 0 Å². The van der Waals surface area contributed by atoms with E-state index in [9.17, 15) is 9.59 Å². The van der Waals surface area contributed by atoms with Crippen molar-refractivity contribution < 1.29 is 14.3 Å². The molecular formula is C32H26N6O3. The van der Waals surface area contributed by atoms with Crippen molar-refractivity contribution in [2.75, 3.05) is 12.5 Å². The van der Waals surface area contributed by atoms with E-state index in [4.69, 9.17) is 4.74 Å². The van der Waals surface area contributed by atoms with Crippen LogP contribution in [0.4, 0.5) is 5.95 Å². The van der Waals surface area contributed by atoms with E-state index in [-0.39, 0.29) is 11.6 Å². The molecule has 0 saturated carbocycles. The fourth-order valence-electron chi connectivity index (χ4n) is 3.96. The van der Waals surface area contributed by atoms with Gasteiger partial charge in [0.05, 0.1) is 7.11 Å². The molecule has 2 amide bonds. The Morgan fingerprint density at radius 3 is 1.90 bits per heavy atom. The third-order valence-corrected chi connectivity index (χ3v) is 6.02. The van der Waals surface area contributed by atoms with Crippen molar-refractivity contribution in [3.63, 3.8) is 0 Å². The van der Waals surface area contributed by atoms with Gasteiger partial charge in [-0.25, -0.2) is 4.98 Å². The van der Waals surface area contributed by atoms with Crippen LogP contribution in [0.5, 0.6) is 5.75 Å². The van der Waals surface area contributed by atoms with Crippen molar-refractivity contribution >= 4 is 23.8 Å². The Morgan fingerprint density at radius 2 is 1.29 bits per heavy atom. The van der Waals surface area contributed by atoms with Gasteiger partial charge < -0.3 is 10.1 Å². The normalized spacial score (nSPS) is 10.9. The summed E-state index contributed by atoms with van der Waals surface area (Å²) in [5.74, 6) is -0.296. The molecule has 0 bridgehead atoms. The fraction of sp³-hybridized carbons (Fsp3) is 0.0312. The minimum Gasteiger partial charge on any atom is -0.497 e. The summed E-state index contributed by atoms with van der Waals surface area (Å²) in [6.45, 7) is 0. The molecule has 5 aromatic rings. The lowest BCUT2D eigenvalue weighted by atomic mass is 10.0. The van der Waals surface area contributed by atoms with Gasteiger partial charge in [-0.2, -0.15) is 0 Å². The number of carbonyl (C=O) groups excluding carboxylic acids is 2. The predicted octanol–water partition coefficient (Wildman–Crippen LogP) is 5.13. The largest absolute Gasteiger partial charge is 0.497 e. The molecule has 1 heterocycles. The van der Waals surface area contributed by atoms with E-state index in [1.165, 1.54) is 0 Å². The molecule has 1 aromatic heterocycles.